The number of aryl methyl sites for hydroxylation is 1. The smallest absolute Gasteiger partial charge is 0.0955 e. The predicted octanol–water partition coefficient (Wildman–Crippen LogP) is 2.58. The van der Waals surface area contributed by atoms with Crippen molar-refractivity contribution in [3.8, 4) is 0 Å². The van der Waals surface area contributed by atoms with Crippen LogP contribution in [0.3, 0.4) is 0 Å². The average molecular weight is 238 g/mol. The molecule has 0 aliphatic carbocycles. The number of aromatic nitrogens is 3. The van der Waals surface area contributed by atoms with Gasteiger partial charge in [-0.2, -0.15) is 0 Å². The minimum absolute atomic E-state index is 0.793. The molecule has 4 nitrogen and oxygen atoms in total. The Balaban J connectivity index is 1.79. The number of anilines is 1. The van der Waals surface area contributed by atoms with Crippen LogP contribution >= 0.6 is 0 Å². The van der Waals surface area contributed by atoms with E-state index in [0.717, 1.165) is 23.3 Å². The molecule has 0 bridgehead atoms. The summed E-state index contributed by atoms with van der Waals surface area (Å²) in [4.78, 5) is 8.35. The molecule has 0 aliphatic rings. The minimum Gasteiger partial charge on any atom is -0.381 e. The first kappa shape index (κ1) is 10.8. The zero-order chi connectivity index (χ0) is 12.4. The van der Waals surface area contributed by atoms with Crippen LogP contribution in [0.25, 0.3) is 11.0 Å². The monoisotopic (exact) mass is 238 g/mol. The van der Waals surface area contributed by atoms with Crippen LogP contribution in [0.4, 0.5) is 5.69 Å². The van der Waals surface area contributed by atoms with E-state index in [1.54, 1.807) is 12.4 Å². The molecule has 0 radical (unpaired) electrons. The van der Waals surface area contributed by atoms with Crippen LogP contribution in [0.15, 0.2) is 49.1 Å². The van der Waals surface area contributed by atoms with E-state index in [1.165, 1.54) is 5.56 Å². The molecular formula is C14H14N4. The van der Waals surface area contributed by atoms with E-state index in [-0.39, 0.29) is 0 Å². The normalized spacial score (nSPS) is 10.7. The SMILES string of the molecule is Cn1cnc2cc(NCc3ccncc3)ccc21. The lowest BCUT2D eigenvalue weighted by Crippen LogP contribution is -1.99. The second kappa shape index (κ2) is 4.49. The number of hydrogen-bond donors (Lipinski definition) is 1. The maximum absolute atomic E-state index is 4.35. The topological polar surface area (TPSA) is 42.7 Å². The Morgan fingerprint density at radius 3 is 2.83 bits per heavy atom. The lowest BCUT2D eigenvalue weighted by atomic mass is 10.2. The van der Waals surface area contributed by atoms with E-state index >= 15 is 0 Å². The van der Waals surface area contributed by atoms with E-state index in [4.69, 9.17) is 0 Å². The van der Waals surface area contributed by atoms with Gasteiger partial charge in [-0.25, -0.2) is 4.98 Å². The highest BCUT2D eigenvalue weighted by molar-refractivity contribution is 5.79. The van der Waals surface area contributed by atoms with Gasteiger partial charge in [-0.15, -0.1) is 0 Å². The van der Waals surface area contributed by atoms with E-state index in [1.807, 2.05) is 30.1 Å². The van der Waals surface area contributed by atoms with Crippen molar-refractivity contribution < 1.29 is 0 Å². The summed E-state index contributed by atoms with van der Waals surface area (Å²) in [5.41, 5.74) is 4.45. The Morgan fingerprint density at radius 1 is 1.17 bits per heavy atom. The summed E-state index contributed by atoms with van der Waals surface area (Å²) in [6, 6.07) is 10.2. The Kier molecular flexibility index (Phi) is 2.68. The average Bonchev–Trinajstić information content (AvgIpc) is 2.79. The van der Waals surface area contributed by atoms with Gasteiger partial charge in [0, 0.05) is 31.7 Å². The highest BCUT2D eigenvalue weighted by Gasteiger charge is 2.00. The number of benzene rings is 1. The number of imidazole rings is 1. The summed E-state index contributed by atoms with van der Waals surface area (Å²) >= 11 is 0. The molecule has 18 heavy (non-hydrogen) atoms. The molecule has 1 aromatic carbocycles. The highest BCUT2D eigenvalue weighted by atomic mass is 15.0. The zero-order valence-corrected chi connectivity index (χ0v) is 10.2. The summed E-state index contributed by atoms with van der Waals surface area (Å²) in [7, 11) is 2.00. The van der Waals surface area contributed by atoms with Crippen molar-refractivity contribution in [2.24, 2.45) is 7.05 Å². The van der Waals surface area contributed by atoms with Crippen LogP contribution < -0.4 is 5.32 Å². The second-order valence-corrected chi connectivity index (χ2v) is 4.27. The number of rotatable bonds is 3. The van der Waals surface area contributed by atoms with Gasteiger partial charge in [0.05, 0.1) is 17.4 Å². The van der Waals surface area contributed by atoms with Crippen LogP contribution in [-0.4, -0.2) is 14.5 Å². The van der Waals surface area contributed by atoms with Crippen molar-refractivity contribution in [2.75, 3.05) is 5.32 Å². The van der Waals surface area contributed by atoms with Gasteiger partial charge in [0.2, 0.25) is 0 Å². The van der Waals surface area contributed by atoms with Crippen molar-refractivity contribution in [1.29, 1.82) is 0 Å². The first-order valence-corrected chi connectivity index (χ1v) is 5.87. The second-order valence-electron chi connectivity index (χ2n) is 4.27. The molecule has 0 unspecified atom stereocenters. The zero-order valence-electron chi connectivity index (χ0n) is 10.2. The summed E-state index contributed by atoms with van der Waals surface area (Å²) in [6.45, 7) is 0.793. The fourth-order valence-electron chi connectivity index (χ4n) is 1.95. The van der Waals surface area contributed by atoms with Gasteiger partial charge in [-0.1, -0.05) is 0 Å². The number of hydrogen-bond acceptors (Lipinski definition) is 3. The van der Waals surface area contributed by atoms with Crippen molar-refractivity contribution in [3.05, 3.63) is 54.6 Å². The molecule has 3 aromatic rings. The highest BCUT2D eigenvalue weighted by Crippen LogP contribution is 2.17. The quantitative estimate of drug-likeness (QED) is 0.762. The molecule has 0 saturated carbocycles. The van der Waals surface area contributed by atoms with Crippen LogP contribution in [0.1, 0.15) is 5.56 Å². The van der Waals surface area contributed by atoms with E-state index in [2.05, 4.69) is 33.5 Å². The van der Waals surface area contributed by atoms with Gasteiger partial charge in [0.1, 0.15) is 0 Å². The third-order valence-electron chi connectivity index (χ3n) is 2.97. The van der Waals surface area contributed by atoms with E-state index < -0.39 is 0 Å². The molecule has 3 rings (SSSR count). The number of nitrogens with one attached hydrogen (secondary N) is 1. The Labute approximate surface area is 105 Å². The van der Waals surface area contributed by atoms with Crippen molar-refractivity contribution in [3.63, 3.8) is 0 Å². The molecule has 0 fully saturated rings. The molecule has 1 N–H and O–H groups in total. The molecule has 0 spiro atoms. The molecule has 2 aromatic heterocycles. The molecule has 0 amide bonds. The van der Waals surface area contributed by atoms with Gasteiger partial charge >= 0.3 is 0 Å². The lowest BCUT2D eigenvalue weighted by molar-refractivity contribution is 0.947. The summed E-state index contributed by atoms with van der Waals surface area (Å²) in [6.07, 6.45) is 5.44. The maximum atomic E-state index is 4.35. The van der Waals surface area contributed by atoms with Gasteiger partial charge < -0.3 is 9.88 Å². The minimum atomic E-state index is 0.793. The van der Waals surface area contributed by atoms with Gasteiger partial charge in [0.25, 0.3) is 0 Å². The first-order valence-electron chi connectivity index (χ1n) is 5.87. The van der Waals surface area contributed by atoms with Crippen molar-refractivity contribution in [1.82, 2.24) is 14.5 Å². The maximum Gasteiger partial charge on any atom is 0.0955 e. The Bertz CT molecular complexity index is 658. The third kappa shape index (κ3) is 2.05. The fourth-order valence-corrected chi connectivity index (χ4v) is 1.95. The molecule has 2 heterocycles. The number of nitrogens with zero attached hydrogens (tertiary/aromatic N) is 3. The van der Waals surface area contributed by atoms with Gasteiger partial charge in [-0.3, -0.25) is 4.98 Å². The number of fused-ring (bicyclic) bond motifs is 1. The van der Waals surface area contributed by atoms with Crippen LogP contribution in [0, 0.1) is 0 Å². The molecule has 4 heteroatoms. The fraction of sp³-hybridized carbons (Fsp3) is 0.143. The lowest BCUT2D eigenvalue weighted by Gasteiger charge is -2.06. The standard InChI is InChI=1S/C14H14N4/c1-18-10-17-13-8-12(2-3-14(13)18)16-9-11-4-6-15-7-5-11/h2-8,10,16H,9H2,1H3. The van der Waals surface area contributed by atoms with Gasteiger partial charge in [-0.05, 0) is 35.9 Å². The van der Waals surface area contributed by atoms with Crippen LogP contribution in [0.2, 0.25) is 0 Å². The predicted molar refractivity (Wildman–Crippen MR) is 72.3 cm³/mol. The number of pyridine rings is 1. The van der Waals surface area contributed by atoms with E-state index in [0.29, 0.717) is 0 Å². The van der Waals surface area contributed by atoms with Crippen molar-refractivity contribution in [2.45, 2.75) is 6.54 Å². The summed E-state index contributed by atoms with van der Waals surface area (Å²) in [5, 5.41) is 3.39. The summed E-state index contributed by atoms with van der Waals surface area (Å²) in [5.74, 6) is 0. The molecule has 0 aliphatic heterocycles. The molecule has 0 saturated heterocycles. The molecule has 90 valence electrons. The Morgan fingerprint density at radius 2 is 2.00 bits per heavy atom. The molecule has 0 atom stereocenters. The van der Waals surface area contributed by atoms with Crippen LogP contribution in [0.5, 0.6) is 0 Å². The van der Waals surface area contributed by atoms with E-state index in [9.17, 15) is 0 Å². The van der Waals surface area contributed by atoms with Crippen molar-refractivity contribution >= 4 is 16.7 Å². The van der Waals surface area contributed by atoms with Gasteiger partial charge in [0.15, 0.2) is 0 Å². The third-order valence-corrected chi connectivity index (χ3v) is 2.97. The van der Waals surface area contributed by atoms with Crippen LogP contribution in [-0.2, 0) is 13.6 Å². The first-order chi connectivity index (χ1) is 8.83. The Hall–Kier alpha value is -2.36. The largest absolute Gasteiger partial charge is 0.381 e. The summed E-state index contributed by atoms with van der Waals surface area (Å²) < 4.78 is 2.02. The molecular weight excluding hydrogens is 224 g/mol.